The van der Waals surface area contributed by atoms with Gasteiger partial charge in [0.2, 0.25) is 0 Å². The minimum absolute atomic E-state index is 0.299. The largest absolute Gasteiger partial charge is 0.323 e. The molecule has 3 atom stereocenters. The summed E-state index contributed by atoms with van der Waals surface area (Å²) in [6.07, 6.45) is 7.65. The summed E-state index contributed by atoms with van der Waals surface area (Å²) in [4.78, 5) is 2.42. The first-order chi connectivity index (χ1) is 10.2. The Morgan fingerprint density at radius 3 is 2.76 bits per heavy atom. The van der Waals surface area contributed by atoms with Crippen LogP contribution in [0.3, 0.4) is 0 Å². The molecule has 0 bridgehead atoms. The molecule has 1 saturated carbocycles. The highest BCUT2D eigenvalue weighted by Gasteiger charge is 2.34. The van der Waals surface area contributed by atoms with E-state index in [2.05, 4.69) is 4.90 Å². The molecule has 2 aliphatic rings. The molecule has 4 heteroatoms. The summed E-state index contributed by atoms with van der Waals surface area (Å²) in [5, 5.41) is 0. The van der Waals surface area contributed by atoms with Crippen LogP contribution in [0.4, 0.5) is 8.78 Å². The highest BCUT2D eigenvalue weighted by atomic mass is 19.2. The van der Waals surface area contributed by atoms with Gasteiger partial charge in [0, 0.05) is 24.2 Å². The third-order valence-corrected chi connectivity index (χ3v) is 5.17. The predicted molar refractivity (Wildman–Crippen MR) is 79.8 cm³/mol. The highest BCUT2D eigenvalue weighted by Crippen LogP contribution is 2.36. The van der Waals surface area contributed by atoms with Crippen molar-refractivity contribution < 1.29 is 8.78 Å². The van der Waals surface area contributed by atoms with Crippen molar-refractivity contribution in [1.82, 2.24) is 4.90 Å². The second-order valence-corrected chi connectivity index (χ2v) is 6.50. The van der Waals surface area contributed by atoms with Crippen molar-refractivity contribution in [3.63, 3.8) is 0 Å². The zero-order valence-electron chi connectivity index (χ0n) is 12.4. The minimum Gasteiger partial charge on any atom is -0.323 e. The molecule has 21 heavy (non-hydrogen) atoms. The predicted octanol–water partition coefficient (Wildman–Crippen LogP) is 3.62. The van der Waals surface area contributed by atoms with Gasteiger partial charge in [0.05, 0.1) is 0 Å². The molecule has 1 aliphatic heterocycles. The lowest BCUT2D eigenvalue weighted by atomic mass is 9.78. The maximum absolute atomic E-state index is 13.9. The molecule has 2 fully saturated rings. The van der Waals surface area contributed by atoms with Crippen molar-refractivity contribution in [3.05, 3.63) is 35.4 Å². The fraction of sp³-hybridized carbons (Fsp3) is 0.647. The van der Waals surface area contributed by atoms with Crippen LogP contribution in [-0.4, -0.2) is 24.0 Å². The molecule has 1 unspecified atom stereocenters. The van der Waals surface area contributed by atoms with Crippen LogP contribution < -0.4 is 5.73 Å². The fourth-order valence-electron chi connectivity index (χ4n) is 4.11. The van der Waals surface area contributed by atoms with Gasteiger partial charge in [-0.05, 0) is 44.2 Å². The first-order valence-corrected chi connectivity index (χ1v) is 8.10. The number of piperidine rings is 1. The second kappa shape index (κ2) is 6.41. The molecule has 1 heterocycles. The summed E-state index contributed by atoms with van der Waals surface area (Å²) in [6, 6.07) is 4.42. The number of halogens is 2. The Bertz CT molecular complexity index is 490. The Morgan fingerprint density at radius 2 is 1.90 bits per heavy atom. The third kappa shape index (κ3) is 3.11. The number of hydrogen-bond donors (Lipinski definition) is 1. The van der Waals surface area contributed by atoms with Crippen LogP contribution in [0.1, 0.15) is 50.1 Å². The molecule has 0 spiro atoms. The Morgan fingerprint density at radius 1 is 1.14 bits per heavy atom. The number of nitrogens with zero attached hydrogens (tertiary/aromatic N) is 1. The third-order valence-electron chi connectivity index (χ3n) is 5.17. The maximum Gasteiger partial charge on any atom is 0.163 e. The number of likely N-dealkylation sites (tertiary alicyclic amines) is 1. The molecular formula is C17H24F2N2. The Labute approximate surface area is 125 Å². The van der Waals surface area contributed by atoms with E-state index in [1.807, 2.05) is 0 Å². The van der Waals surface area contributed by atoms with E-state index in [9.17, 15) is 8.78 Å². The number of fused-ring (bicyclic) bond motifs is 1. The highest BCUT2D eigenvalue weighted by molar-refractivity contribution is 5.22. The second-order valence-electron chi connectivity index (χ2n) is 6.50. The van der Waals surface area contributed by atoms with Crippen molar-refractivity contribution >= 4 is 0 Å². The van der Waals surface area contributed by atoms with Crippen molar-refractivity contribution in [1.29, 1.82) is 0 Å². The molecular weight excluding hydrogens is 270 g/mol. The van der Waals surface area contributed by atoms with Gasteiger partial charge in [0.1, 0.15) is 0 Å². The van der Waals surface area contributed by atoms with E-state index in [1.165, 1.54) is 44.6 Å². The molecule has 2 N–H and O–H groups in total. The summed E-state index contributed by atoms with van der Waals surface area (Å²) >= 11 is 0. The lowest BCUT2D eigenvalue weighted by Crippen LogP contribution is -2.49. The van der Waals surface area contributed by atoms with Gasteiger partial charge in [0.25, 0.3) is 0 Å². The summed E-state index contributed by atoms with van der Waals surface area (Å²) in [6.45, 7) is 1.66. The summed E-state index contributed by atoms with van der Waals surface area (Å²) < 4.78 is 27.2. The minimum atomic E-state index is -0.808. The molecule has 1 aliphatic carbocycles. The summed E-state index contributed by atoms with van der Waals surface area (Å²) in [7, 11) is 0. The van der Waals surface area contributed by atoms with Gasteiger partial charge in [-0.25, -0.2) is 8.78 Å². The van der Waals surface area contributed by atoms with E-state index in [4.69, 9.17) is 5.73 Å². The molecule has 3 rings (SSSR count). The number of rotatable bonds is 3. The van der Waals surface area contributed by atoms with E-state index in [1.54, 1.807) is 6.07 Å². The van der Waals surface area contributed by atoms with Crippen LogP contribution in [0.15, 0.2) is 18.2 Å². The number of benzene rings is 1. The first-order valence-electron chi connectivity index (χ1n) is 8.10. The molecule has 1 aromatic carbocycles. The SMILES string of the molecule is NC(CN1CCC[C@H]2CCCC[C@H]21)c1cccc(F)c1F. The summed E-state index contributed by atoms with van der Waals surface area (Å²) in [5.74, 6) is -0.823. The Hall–Kier alpha value is -1.00. The van der Waals surface area contributed by atoms with Crippen molar-refractivity contribution in [3.8, 4) is 0 Å². The van der Waals surface area contributed by atoms with Crippen LogP contribution in [-0.2, 0) is 0 Å². The lowest BCUT2D eigenvalue weighted by molar-refractivity contribution is 0.0558. The van der Waals surface area contributed by atoms with Crippen molar-refractivity contribution in [2.24, 2.45) is 11.7 Å². The fourth-order valence-corrected chi connectivity index (χ4v) is 4.11. The van der Waals surface area contributed by atoms with Crippen molar-refractivity contribution in [2.45, 2.75) is 50.6 Å². The monoisotopic (exact) mass is 294 g/mol. The van der Waals surface area contributed by atoms with E-state index < -0.39 is 17.7 Å². The van der Waals surface area contributed by atoms with E-state index in [0.717, 1.165) is 18.5 Å². The van der Waals surface area contributed by atoms with E-state index in [0.29, 0.717) is 18.2 Å². The standard InChI is InChI=1S/C17H24F2N2/c18-14-8-3-7-13(17(14)19)15(20)11-21-10-4-6-12-5-1-2-9-16(12)21/h3,7-8,12,15-16H,1-2,4-6,9-11,20H2/t12-,15?,16-/m1/s1. The summed E-state index contributed by atoms with van der Waals surface area (Å²) in [5.41, 5.74) is 6.47. The van der Waals surface area contributed by atoms with Gasteiger partial charge in [-0.3, -0.25) is 4.90 Å². The molecule has 0 radical (unpaired) electrons. The van der Waals surface area contributed by atoms with Gasteiger partial charge >= 0.3 is 0 Å². The van der Waals surface area contributed by atoms with Gasteiger partial charge in [-0.15, -0.1) is 0 Å². The quantitative estimate of drug-likeness (QED) is 0.922. The Kier molecular flexibility index (Phi) is 4.55. The van der Waals surface area contributed by atoms with Crippen LogP contribution in [0.5, 0.6) is 0 Å². The molecule has 1 aromatic rings. The van der Waals surface area contributed by atoms with Crippen LogP contribution in [0, 0.1) is 17.6 Å². The van der Waals surface area contributed by atoms with E-state index in [-0.39, 0.29) is 0 Å². The Balaban J connectivity index is 1.71. The molecule has 0 amide bonds. The van der Waals surface area contributed by atoms with E-state index >= 15 is 0 Å². The van der Waals surface area contributed by atoms with Gasteiger partial charge in [-0.1, -0.05) is 25.0 Å². The first kappa shape index (κ1) is 14.9. The topological polar surface area (TPSA) is 29.3 Å². The van der Waals surface area contributed by atoms with Crippen LogP contribution in [0.2, 0.25) is 0 Å². The number of hydrogen-bond acceptors (Lipinski definition) is 2. The average Bonchev–Trinajstić information content (AvgIpc) is 2.50. The van der Waals surface area contributed by atoms with Crippen LogP contribution in [0.25, 0.3) is 0 Å². The smallest absolute Gasteiger partial charge is 0.163 e. The normalized spacial score (nSPS) is 28.1. The molecule has 2 nitrogen and oxygen atoms in total. The molecule has 116 valence electrons. The maximum atomic E-state index is 13.9. The van der Waals surface area contributed by atoms with Crippen molar-refractivity contribution in [2.75, 3.05) is 13.1 Å². The molecule has 0 aromatic heterocycles. The number of nitrogens with two attached hydrogens (primary N) is 1. The average molecular weight is 294 g/mol. The lowest BCUT2D eigenvalue weighted by Gasteiger charge is -2.45. The zero-order chi connectivity index (χ0) is 14.8. The van der Waals surface area contributed by atoms with Gasteiger partial charge in [-0.2, -0.15) is 0 Å². The van der Waals surface area contributed by atoms with Crippen LogP contribution >= 0.6 is 0 Å². The zero-order valence-corrected chi connectivity index (χ0v) is 12.4. The molecule has 1 saturated heterocycles. The van der Waals surface area contributed by atoms with Gasteiger partial charge < -0.3 is 5.73 Å². The van der Waals surface area contributed by atoms with Gasteiger partial charge in [0.15, 0.2) is 11.6 Å².